The average Bonchev–Trinajstić information content (AvgIpc) is 3.40. The van der Waals surface area contributed by atoms with E-state index in [0.29, 0.717) is 16.5 Å². The third-order valence-corrected chi connectivity index (χ3v) is 4.29. The predicted molar refractivity (Wildman–Crippen MR) is 99.2 cm³/mol. The number of furan rings is 1. The summed E-state index contributed by atoms with van der Waals surface area (Å²) in [7, 11) is 0. The number of benzene rings is 2. The highest BCUT2D eigenvalue weighted by Crippen LogP contribution is 2.29. The summed E-state index contributed by atoms with van der Waals surface area (Å²) in [6.07, 6.45) is 1.43. The van der Waals surface area contributed by atoms with Gasteiger partial charge in [0.1, 0.15) is 6.04 Å². The summed E-state index contributed by atoms with van der Waals surface area (Å²) in [5, 5.41) is 11.5. The molecule has 0 radical (unpaired) electrons. The Morgan fingerprint density at radius 2 is 1.74 bits per heavy atom. The van der Waals surface area contributed by atoms with Crippen LogP contribution in [0.3, 0.4) is 0 Å². The molecule has 7 heteroatoms. The fraction of sp³-hybridized carbons (Fsp3) is 0.0500. The molecule has 4 rings (SSSR count). The molecule has 1 N–H and O–H groups in total. The highest BCUT2D eigenvalue weighted by molar-refractivity contribution is 6.31. The molecule has 0 saturated carbocycles. The van der Waals surface area contributed by atoms with E-state index in [1.807, 2.05) is 36.4 Å². The Balaban J connectivity index is 1.71. The number of halogens is 1. The van der Waals surface area contributed by atoms with Crippen LogP contribution in [0.2, 0.25) is 5.02 Å². The van der Waals surface area contributed by atoms with E-state index in [2.05, 4.69) is 15.5 Å². The van der Waals surface area contributed by atoms with Crippen molar-refractivity contribution < 1.29 is 13.6 Å². The summed E-state index contributed by atoms with van der Waals surface area (Å²) in [6.45, 7) is 0. The lowest BCUT2D eigenvalue weighted by Crippen LogP contribution is -2.29. The van der Waals surface area contributed by atoms with Crippen LogP contribution in [0.15, 0.2) is 81.8 Å². The first-order chi connectivity index (χ1) is 13.2. The minimum Gasteiger partial charge on any atom is -0.459 e. The maximum absolute atomic E-state index is 12.5. The summed E-state index contributed by atoms with van der Waals surface area (Å²) < 4.78 is 11.0. The molecule has 1 amide bonds. The third kappa shape index (κ3) is 3.61. The Morgan fingerprint density at radius 1 is 0.963 bits per heavy atom. The maximum atomic E-state index is 12.5. The zero-order valence-corrected chi connectivity index (χ0v) is 14.8. The smallest absolute Gasteiger partial charge is 0.287 e. The number of rotatable bonds is 5. The van der Waals surface area contributed by atoms with E-state index in [9.17, 15) is 4.79 Å². The predicted octanol–water partition coefficient (Wildman–Crippen LogP) is 4.50. The van der Waals surface area contributed by atoms with Gasteiger partial charge in [0.15, 0.2) is 5.76 Å². The first-order valence-corrected chi connectivity index (χ1v) is 8.58. The summed E-state index contributed by atoms with van der Waals surface area (Å²) in [4.78, 5) is 12.5. The number of nitrogens with zero attached hydrogens (tertiary/aromatic N) is 2. The third-order valence-electron chi connectivity index (χ3n) is 3.94. The molecule has 6 nitrogen and oxygen atoms in total. The zero-order valence-electron chi connectivity index (χ0n) is 14.0. The Kier molecular flexibility index (Phi) is 4.72. The van der Waals surface area contributed by atoms with Gasteiger partial charge in [0.25, 0.3) is 5.91 Å². The highest BCUT2D eigenvalue weighted by Gasteiger charge is 2.26. The van der Waals surface area contributed by atoms with Gasteiger partial charge in [0.2, 0.25) is 11.8 Å². The van der Waals surface area contributed by atoms with E-state index < -0.39 is 11.9 Å². The van der Waals surface area contributed by atoms with Gasteiger partial charge < -0.3 is 14.2 Å². The molecule has 0 fully saturated rings. The lowest BCUT2D eigenvalue weighted by molar-refractivity contribution is 0.0910. The second-order valence-electron chi connectivity index (χ2n) is 5.72. The van der Waals surface area contributed by atoms with E-state index in [1.165, 1.54) is 6.26 Å². The molecule has 0 saturated heterocycles. The molecular weight excluding hydrogens is 366 g/mol. The van der Waals surface area contributed by atoms with Crippen LogP contribution in [-0.2, 0) is 0 Å². The minimum absolute atomic E-state index is 0.176. The van der Waals surface area contributed by atoms with Gasteiger partial charge in [-0.25, -0.2) is 0 Å². The minimum atomic E-state index is -0.721. The maximum Gasteiger partial charge on any atom is 0.287 e. The Bertz CT molecular complexity index is 1050. The van der Waals surface area contributed by atoms with Crippen molar-refractivity contribution in [3.63, 3.8) is 0 Å². The van der Waals surface area contributed by atoms with E-state index in [0.717, 1.165) is 5.56 Å². The second kappa shape index (κ2) is 7.47. The van der Waals surface area contributed by atoms with Crippen LogP contribution in [0.1, 0.15) is 28.1 Å². The molecule has 4 aromatic rings. The molecule has 0 aliphatic heterocycles. The number of aromatic nitrogens is 2. The fourth-order valence-corrected chi connectivity index (χ4v) is 2.89. The van der Waals surface area contributed by atoms with Gasteiger partial charge in [-0.3, -0.25) is 4.79 Å². The van der Waals surface area contributed by atoms with Crippen LogP contribution in [0.4, 0.5) is 0 Å². The van der Waals surface area contributed by atoms with E-state index in [-0.39, 0.29) is 11.7 Å². The Labute approximate surface area is 159 Å². The highest BCUT2D eigenvalue weighted by atomic mass is 35.5. The average molecular weight is 380 g/mol. The van der Waals surface area contributed by atoms with Crippen LogP contribution in [0.5, 0.6) is 0 Å². The van der Waals surface area contributed by atoms with Crippen molar-refractivity contribution in [2.45, 2.75) is 6.04 Å². The number of hydrogen-bond donors (Lipinski definition) is 1. The number of amides is 1. The molecule has 134 valence electrons. The molecule has 0 aliphatic rings. The second-order valence-corrected chi connectivity index (χ2v) is 6.12. The van der Waals surface area contributed by atoms with Crippen molar-refractivity contribution >= 4 is 17.5 Å². The molecule has 2 aromatic carbocycles. The van der Waals surface area contributed by atoms with Gasteiger partial charge in [0.05, 0.1) is 6.26 Å². The van der Waals surface area contributed by atoms with E-state index in [4.69, 9.17) is 20.4 Å². The number of carbonyl (C=O) groups is 1. The lowest BCUT2D eigenvalue weighted by Gasteiger charge is -2.16. The van der Waals surface area contributed by atoms with Gasteiger partial charge >= 0.3 is 0 Å². The van der Waals surface area contributed by atoms with Crippen molar-refractivity contribution in [3.8, 4) is 11.5 Å². The first kappa shape index (κ1) is 17.1. The molecule has 0 unspecified atom stereocenters. The normalized spacial score (nSPS) is 11.9. The molecule has 1 atom stereocenters. The summed E-state index contributed by atoms with van der Waals surface area (Å²) >= 11 is 6.34. The van der Waals surface area contributed by atoms with Crippen LogP contribution >= 0.6 is 11.6 Å². The summed E-state index contributed by atoms with van der Waals surface area (Å²) in [5.41, 5.74) is 1.42. The number of nitrogens with one attached hydrogen (secondary N) is 1. The van der Waals surface area contributed by atoms with Crippen molar-refractivity contribution in [2.24, 2.45) is 0 Å². The van der Waals surface area contributed by atoms with Crippen molar-refractivity contribution in [1.82, 2.24) is 15.5 Å². The van der Waals surface area contributed by atoms with Gasteiger partial charge in [-0.05, 0) is 30.3 Å². The standard InChI is InChI=1S/C20H14ClN3O3/c21-15-10-5-4-9-14(15)17(22-18(25)16-11-6-12-26-16)20-24-23-19(27-20)13-7-2-1-3-8-13/h1-12,17H,(H,22,25)/t17-/m0/s1. The molecule has 0 spiro atoms. The summed E-state index contributed by atoms with van der Waals surface area (Å²) in [5.74, 6) is 0.344. The van der Waals surface area contributed by atoms with Gasteiger partial charge in [0, 0.05) is 16.1 Å². The topological polar surface area (TPSA) is 81.2 Å². The SMILES string of the molecule is O=C(N[C@H](c1nnc(-c2ccccc2)o1)c1ccccc1Cl)c1ccco1. The zero-order chi connectivity index (χ0) is 18.6. The molecule has 2 aromatic heterocycles. The monoisotopic (exact) mass is 379 g/mol. The van der Waals surface area contributed by atoms with Crippen LogP contribution in [0, 0.1) is 0 Å². The number of carbonyl (C=O) groups excluding carboxylic acids is 1. The van der Waals surface area contributed by atoms with E-state index >= 15 is 0 Å². The summed E-state index contributed by atoms with van der Waals surface area (Å²) in [6, 6.07) is 19.0. The molecule has 2 heterocycles. The quantitative estimate of drug-likeness (QED) is 0.552. The fourth-order valence-electron chi connectivity index (χ4n) is 2.64. The van der Waals surface area contributed by atoms with Gasteiger partial charge in [-0.2, -0.15) is 0 Å². The molecule has 27 heavy (non-hydrogen) atoms. The van der Waals surface area contributed by atoms with Crippen LogP contribution in [-0.4, -0.2) is 16.1 Å². The first-order valence-electron chi connectivity index (χ1n) is 8.20. The Morgan fingerprint density at radius 3 is 2.48 bits per heavy atom. The van der Waals surface area contributed by atoms with Gasteiger partial charge in [-0.15, -0.1) is 10.2 Å². The van der Waals surface area contributed by atoms with E-state index in [1.54, 1.807) is 30.3 Å². The Hall–Kier alpha value is -3.38. The van der Waals surface area contributed by atoms with Gasteiger partial charge in [-0.1, -0.05) is 48.0 Å². The lowest BCUT2D eigenvalue weighted by atomic mass is 10.1. The largest absolute Gasteiger partial charge is 0.459 e. The molecule has 0 aliphatic carbocycles. The van der Waals surface area contributed by atoms with Crippen molar-refractivity contribution in [2.75, 3.05) is 0 Å². The molecular formula is C20H14ClN3O3. The van der Waals surface area contributed by atoms with Crippen LogP contribution in [0.25, 0.3) is 11.5 Å². The number of hydrogen-bond acceptors (Lipinski definition) is 5. The van der Waals surface area contributed by atoms with Crippen molar-refractivity contribution in [1.29, 1.82) is 0 Å². The van der Waals surface area contributed by atoms with Crippen LogP contribution < -0.4 is 5.32 Å². The van der Waals surface area contributed by atoms with Crippen molar-refractivity contribution in [3.05, 3.63) is 95.2 Å². The molecule has 0 bridgehead atoms.